The summed E-state index contributed by atoms with van der Waals surface area (Å²) in [6.07, 6.45) is 0.159. The van der Waals surface area contributed by atoms with E-state index < -0.39 is 22.5 Å². The van der Waals surface area contributed by atoms with Crippen LogP contribution in [0.25, 0.3) is 0 Å². The molecule has 72 valence electrons. The number of likely N-dealkylation sites (tertiary alicyclic amines) is 1. The third-order valence-corrected chi connectivity index (χ3v) is 2.95. The molecule has 0 radical (unpaired) electrons. The van der Waals surface area contributed by atoms with E-state index >= 15 is 0 Å². The maximum atomic E-state index is 11.3. The van der Waals surface area contributed by atoms with Gasteiger partial charge < -0.3 is 0 Å². The Morgan fingerprint density at radius 3 is 2.23 bits per heavy atom. The van der Waals surface area contributed by atoms with Crippen LogP contribution in [0.15, 0.2) is 0 Å². The summed E-state index contributed by atoms with van der Waals surface area (Å²) in [5, 5.41) is 9.77. The Labute approximate surface area is 86.5 Å². The molecule has 1 saturated heterocycles. The minimum absolute atomic E-state index is 0.0794. The second-order valence-corrected chi connectivity index (χ2v) is 4.21. The number of nitrogens with zero attached hydrogens (tertiary/aromatic N) is 1. The number of imide groups is 1. The van der Waals surface area contributed by atoms with Crippen LogP contribution in [0.4, 0.5) is 0 Å². The van der Waals surface area contributed by atoms with E-state index in [2.05, 4.69) is 12.6 Å². The number of carbonyl (C=O) groups excluding carboxylic acids is 2. The monoisotopic (exact) mass is 220 g/mol. The molecule has 1 atom stereocenters. The second kappa shape index (κ2) is 3.45. The zero-order valence-electron chi connectivity index (χ0n) is 7.06. The Bertz CT molecular complexity index is 273. The number of carbonyl (C=O) groups is 2. The van der Waals surface area contributed by atoms with Gasteiger partial charge >= 0.3 is 11.8 Å². The van der Waals surface area contributed by atoms with E-state index in [1.165, 1.54) is 6.92 Å². The predicted molar refractivity (Wildman–Crippen MR) is 52.3 cm³/mol. The quantitative estimate of drug-likeness (QED) is 0.236. The highest BCUT2D eigenvalue weighted by atomic mass is 32.1. The Kier molecular flexibility index (Phi) is 2.86. The lowest BCUT2D eigenvalue weighted by atomic mass is 10.3. The molecule has 0 spiro atoms. The van der Waals surface area contributed by atoms with Crippen molar-refractivity contribution in [3.05, 3.63) is 0 Å². The molecule has 1 aliphatic heterocycles. The van der Waals surface area contributed by atoms with Crippen LogP contribution in [0.3, 0.4) is 0 Å². The largest absolute Gasteiger partial charge is 0.354 e. The molecular weight excluding hydrogens is 210 g/mol. The number of hydrogen-bond donors (Lipinski definition) is 2. The van der Waals surface area contributed by atoms with E-state index in [1.54, 1.807) is 0 Å². The first-order valence-electron chi connectivity index (χ1n) is 3.81. The SMILES string of the molecule is CC(C(=S)S)[N+]1(O)C(=O)CCC1=O. The fourth-order valence-corrected chi connectivity index (χ4v) is 1.61. The molecule has 1 rings (SSSR count). The van der Waals surface area contributed by atoms with Gasteiger partial charge in [0, 0.05) is 0 Å². The van der Waals surface area contributed by atoms with Crippen molar-refractivity contribution in [1.82, 2.24) is 0 Å². The highest BCUT2D eigenvalue weighted by Gasteiger charge is 2.54. The van der Waals surface area contributed by atoms with Crippen LogP contribution in [0.1, 0.15) is 19.8 Å². The van der Waals surface area contributed by atoms with Gasteiger partial charge in [0.1, 0.15) is 4.20 Å². The van der Waals surface area contributed by atoms with Crippen molar-refractivity contribution in [2.24, 2.45) is 0 Å². The molecule has 1 unspecified atom stereocenters. The third-order valence-electron chi connectivity index (χ3n) is 2.23. The van der Waals surface area contributed by atoms with Gasteiger partial charge in [-0.2, -0.15) is 0 Å². The molecule has 1 N–H and O–H groups in total. The number of thiocarbonyl (C=S) groups is 1. The van der Waals surface area contributed by atoms with Crippen molar-refractivity contribution in [3.63, 3.8) is 0 Å². The molecule has 6 heteroatoms. The maximum absolute atomic E-state index is 11.3. The molecule has 0 aromatic carbocycles. The topological polar surface area (TPSA) is 54.4 Å². The molecule has 4 nitrogen and oxygen atoms in total. The fraction of sp³-hybridized carbons (Fsp3) is 0.571. The van der Waals surface area contributed by atoms with Crippen molar-refractivity contribution in [1.29, 1.82) is 0 Å². The van der Waals surface area contributed by atoms with E-state index in [0.29, 0.717) is 0 Å². The molecule has 0 aromatic rings. The number of amides is 2. The van der Waals surface area contributed by atoms with Gasteiger partial charge in [-0.1, -0.05) is 16.9 Å². The summed E-state index contributed by atoms with van der Waals surface area (Å²) in [5.74, 6) is -1.01. The predicted octanol–water partition coefficient (Wildman–Crippen LogP) is 0.685. The van der Waals surface area contributed by atoms with Gasteiger partial charge in [-0.25, -0.2) is 14.8 Å². The Balaban J connectivity index is 3.04. The summed E-state index contributed by atoms with van der Waals surface area (Å²) >= 11 is 8.57. The Hall–Kier alpha value is -0.300. The van der Waals surface area contributed by atoms with Crippen molar-refractivity contribution in [2.75, 3.05) is 0 Å². The van der Waals surface area contributed by atoms with Gasteiger partial charge in [0.25, 0.3) is 0 Å². The number of rotatable bonds is 2. The second-order valence-electron chi connectivity index (χ2n) is 2.99. The van der Waals surface area contributed by atoms with Gasteiger partial charge in [0.2, 0.25) is 0 Å². The molecule has 2 amide bonds. The molecular formula is C7H10NO3S2+. The summed E-state index contributed by atoms with van der Waals surface area (Å²) in [4.78, 5) is 22.5. The average molecular weight is 220 g/mol. The number of thiol groups is 1. The Morgan fingerprint density at radius 2 is 1.92 bits per heavy atom. The lowest BCUT2D eigenvalue weighted by molar-refractivity contribution is -0.981. The summed E-state index contributed by atoms with van der Waals surface area (Å²) in [6.45, 7) is 1.51. The fourth-order valence-electron chi connectivity index (χ4n) is 1.29. The van der Waals surface area contributed by atoms with Crippen LogP contribution in [0, 0.1) is 0 Å². The smallest absolute Gasteiger partial charge is 0.227 e. The van der Waals surface area contributed by atoms with Crippen LogP contribution >= 0.6 is 24.8 Å². The lowest BCUT2D eigenvalue weighted by Gasteiger charge is -2.24. The minimum atomic E-state index is -1.21. The van der Waals surface area contributed by atoms with Crippen LogP contribution in [-0.2, 0) is 9.59 Å². The average Bonchev–Trinajstić information content (AvgIpc) is 2.32. The minimum Gasteiger partial charge on any atom is -0.227 e. The van der Waals surface area contributed by atoms with Gasteiger partial charge in [-0.3, -0.25) is 0 Å². The first-order chi connectivity index (χ1) is 5.90. The van der Waals surface area contributed by atoms with Crippen molar-refractivity contribution in [2.45, 2.75) is 25.8 Å². The standard InChI is InChI=1S/C7H9NO3S2/c1-4(7(12)13)8(11)5(9)2-3-6(8)10/h4,11H,2-3H2,1H3/p+1. The molecule has 0 aromatic heterocycles. The summed E-state index contributed by atoms with van der Waals surface area (Å²) in [5.41, 5.74) is 0. The van der Waals surface area contributed by atoms with E-state index in [4.69, 9.17) is 12.2 Å². The van der Waals surface area contributed by atoms with Crippen LogP contribution < -0.4 is 0 Å². The Morgan fingerprint density at radius 1 is 1.54 bits per heavy atom. The van der Waals surface area contributed by atoms with E-state index in [-0.39, 0.29) is 17.0 Å². The van der Waals surface area contributed by atoms with Gasteiger partial charge in [0.05, 0.1) is 12.8 Å². The number of hydroxylamine groups is 3. The first-order valence-corrected chi connectivity index (χ1v) is 4.67. The molecule has 1 fully saturated rings. The van der Waals surface area contributed by atoms with Crippen molar-refractivity contribution in [3.8, 4) is 0 Å². The first kappa shape index (κ1) is 10.8. The zero-order chi connectivity index (χ0) is 10.2. The van der Waals surface area contributed by atoms with Crippen LogP contribution in [-0.4, -0.2) is 31.9 Å². The highest BCUT2D eigenvalue weighted by molar-refractivity contribution is 8.11. The normalized spacial score (nSPS) is 23.3. The van der Waals surface area contributed by atoms with Gasteiger partial charge in [-0.05, 0) is 6.92 Å². The third kappa shape index (κ3) is 1.54. The zero-order valence-corrected chi connectivity index (χ0v) is 8.77. The lowest BCUT2D eigenvalue weighted by Crippen LogP contribution is -2.57. The van der Waals surface area contributed by atoms with Crippen molar-refractivity contribution < 1.29 is 19.4 Å². The molecule has 1 aliphatic rings. The highest BCUT2D eigenvalue weighted by Crippen LogP contribution is 2.25. The number of hydrogen-bond acceptors (Lipinski definition) is 4. The molecule has 0 saturated carbocycles. The summed E-state index contributed by atoms with van der Waals surface area (Å²) in [7, 11) is 0. The van der Waals surface area contributed by atoms with Gasteiger partial charge in [-0.15, -0.1) is 12.6 Å². The molecule has 13 heavy (non-hydrogen) atoms. The van der Waals surface area contributed by atoms with E-state index in [1.807, 2.05) is 0 Å². The molecule has 1 heterocycles. The van der Waals surface area contributed by atoms with Crippen molar-refractivity contribution >= 4 is 40.9 Å². The van der Waals surface area contributed by atoms with E-state index in [0.717, 1.165) is 0 Å². The number of quaternary nitrogens is 1. The van der Waals surface area contributed by atoms with Crippen LogP contribution in [0.5, 0.6) is 0 Å². The van der Waals surface area contributed by atoms with E-state index in [9.17, 15) is 14.8 Å². The molecule has 0 bridgehead atoms. The summed E-state index contributed by atoms with van der Waals surface area (Å²) < 4.78 is -1.05. The summed E-state index contributed by atoms with van der Waals surface area (Å²) in [6, 6.07) is -0.749. The van der Waals surface area contributed by atoms with Gasteiger partial charge in [0.15, 0.2) is 6.04 Å². The van der Waals surface area contributed by atoms with Crippen LogP contribution in [0.2, 0.25) is 0 Å². The molecule has 0 aliphatic carbocycles. The maximum Gasteiger partial charge on any atom is 0.354 e.